The normalized spacial score (nSPS) is 10.3. The fraction of sp³-hybridized carbons (Fsp3) is 0.111. The Morgan fingerprint density at radius 1 is 1.44 bits per heavy atom. The third kappa shape index (κ3) is 1.70. The van der Waals surface area contributed by atoms with Gasteiger partial charge in [0, 0.05) is 17.7 Å². The lowest BCUT2D eigenvalue weighted by Gasteiger charge is -1.99. The Labute approximate surface area is 90.0 Å². The van der Waals surface area contributed by atoms with E-state index in [9.17, 15) is 10.1 Å². The van der Waals surface area contributed by atoms with E-state index < -0.39 is 4.92 Å². The Morgan fingerprint density at radius 3 is 2.69 bits per heavy atom. The van der Waals surface area contributed by atoms with Crippen molar-refractivity contribution in [3.8, 4) is 11.5 Å². The molecule has 2 rings (SSSR count). The summed E-state index contributed by atoms with van der Waals surface area (Å²) in [4.78, 5) is 10.1. The predicted octanol–water partition coefficient (Wildman–Crippen LogP) is 1.54. The van der Waals surface area contributed by atoms with Crippen LogP contribution in [0.2, 0.25) is 0 Å². The first-order valence-corrected chi connectivity index (χ1v) is 4.42. The number of aromatic nitrogens is 2. The summed E-state index contributed by atoms with van der Waals surface area (Å²) >= 11 is 0. The average Bonchev–Trinajstić information content (AvgIpc) is 2.64. The van der Waals surface area contributed by atoms with Crippen molar-refractivity contribution in [3.63, 3.8) is 0 Å². The van der Waals surface area contributed by atoms with Crippen LogP contribution in [0, 0.1) is 17.0 Å². The minimum Gasteiger partial charge on any atom is -0.404 e. The van der Waals surface area contributed by atoms with E-state index in [1.54, 1.807) is 13.0 Å². The van der Waals surface area contributed by atoms with Crippen LogP contribution in [0.1, 0.15) is 5.56 Å². The first kappa shape index (κ1) is 10.1. The topological polar surface area (TPSA) is 108 Å². The molecule has 0 unspecified atom stereocenters. The van der Waals surface area contributed by atoms with Crippen LogP contribution in [-0.4, -0.2) is 15.1 Å². The second kappa shape index (κ2) is 3.61. The summed E-state index contributed by atoms with van der Waals surface area (Å²) in [5.74, 6) is 0.255. The first-order valence-electron chi connectivity index (χ1n) is 4.42. The van der Waals surface area contributed by atoms with Crippen LogP contribution < -0.4 is 5.73 Å². The molecule has 7 nitrogen and oxygen atoms in total. The van der Waals surface area contributed by atoms with Crippen LogP contribution in [0.5, 0.6) is 0 Å². The van der Waals surface area contributed by atoms with Gasteiger partial charge in [-0.25, -0.2) is 0 Å². The molecular formula is C9H8N4O3. The number of nitro benzene ring substituents is 1. The van der Waals surface area contributed by atoms with Crippen molar-refractivity contribution in [3.05, 3.63) is 33.9 Å². The predicted molar refractivity (Wildman–Crippen MR) is 55.5 cm³/mol. The van der Waals surface area contributed by atoms with Crippen LogP contribution in [0.15, 0.2) is 22.6 Å². The standard InChI is InChI=1S/C9H8N4O3/c1-5-4-6(13(14)15)2-3-7(5)8-11-12-9(10)16-8/h2-4H,1H3,(H2,10,12). The van der Waals surface area contributed by atoms with Crippen molar-refractivity contribution in [2.24, 2.45) is 0 Å². The molecule has 0 amide bonds. The number of hydrogen-bond acceptors (Lipinski definition) is 6. The lowest BCUT2D eigenvalue weighted by Crippen LogP contribution is -1.90. The molecule has 0 saturated heterocycles. The molecule has 1 aromatic carbocycles. The number of non-ortho nitro benzene ring substituents is 1. The SMILES string of the molecule is Cc1cc([N+](=O)[O-])ccc1-c1nnc(N)o1. The van der Waals surface area contributed by atoms with Gasteiger partial charge in [-0.3, -0.25) is 10.1 Å². The number of rotatable bonds is 2. The van der Waals surface area contributed by atoms with Gasteiger partial charge in [0.15, 0.2) is 0 Å². The van der Waals surface area contributed by atoms with Crippen LogP contribution in [0.4, 0.5) is 11.7 Å². The van der Waals surface area contributed by atoms with Gasteiger partial charge >= 0.3 is 6.01 Å². The minimum atomic E-state index is -0.459. The monoisotopic (exact) mass is 220 g/mol. The average molecular weight is 220 g/mol. The number of anilines is 1. The number of nitro groups is 1. The molecule has 0 aliphatic carbocycles. The molecule has 0 aliphatic rings. The summed E-state index contributed by atoms with van der Waals surface area (Å²) in [5, 5.41) is 17.8. The first-order chi connectivity index (χ1) is 7.58. The molecule has 1 heterocycles. The maximum atomic E-state index is 10.5. The van der Waals surface area contributed by atoms with Crippen molar-refractivity contribution in [1.82, 2.24) is 10.2 Å². The fourth-order valence-electron chi connectivity index (χ4n) is 1.34. The van der Waals surface area contributed by atoms with Crippen LogP contribution in [0.3, 0.4) is 0 Å². The van der Waals surface area contributed by atoms with E-state index in [2.05, 4.69) is 10.2 Å². The minimum absolute atomic E-state index is 0.0220. The van der Waals surface area contributed by atoms with Gasteiger partial charge in [-0.15, -0.1) is 5.10 Å². The number of benzene rings is 1. The van der Waals surface area contributed by atoms with Crippen LogP contribution in [-0.2, 0) is 0 Å². The molecule has 0 bridgehead atoms. The molecule has 82 valence electrons. The van der Waals surface area contributed by atoms with Crippen LogP contribution >= 0.6 is 0 Å². The summed E-state index contributed by atoms with van der Waals surface area (Å²) in [6, 6.07) is 4.34. The zero-order chi connectivity index (χ0) is 11.7. The van der Waals surface area contributed by atoms with Crippen molar-refractivity contribution < 1.29 is 9.34 Å². The second-order valence-corrected chi connectivity index (χ2v) is 3.20. The zero-order valence-corrected chi connectivity index (χ0v) is 8.38. The van der Waals surface area contributed by atoms with Crippen molar-refractivity contribution in [2.45, 2.75) is 6.92 Å². The molecule has 2 N–H and O–H groups in total. The van der Waals surface area contributed by atoms with E-state index in [1.807, 2.05) is 0 Å². The highest BCUT2D eigenvalue weighted by atomic mass is 16.6. The molecule has 0 spiro atoms. The van der Waals surface area contributed by atoms with Gasteiger partial charge in [-0.2, -0.15) is 0 Å². The Hall–Kier alpha value is -2.44. The summed E-state index contributed by atoms with van der Waals surface area (Å²) in [6.07, 6.45) is 0. The Morgan fingerprint density at radius 2 is 2.19 bits per heavy atom. The highest BCUT2D eigenvalue weighted by Gasteiger charge is 2.13. The second-order valence-electron chi connectivity index (χ2n) is 3.20. The quantitative estimate of drug-likeness (QED) is 0.607. The lowest BCUT2D eigenvalue weighted by molar-refractivity contribution is -0.384. The van der Waals surface area contributed by atoms with Gasteiger partial charge in [-0.05, 0) is 18.6 Å². The van der Waals surface area contributed by atoms with Crippen LogP contribution in [0.25, 0.3) is 11.5 Å². The fourth-order valence-corrected chi connectivity index (χ4v) is 1.34. The van der Waals surface area contributed by atoms with Gasteiger partial charge in [0.25, 0.3) is 5.69 Å². The largest absolute Gasteiger partial charge is 0.404 e. The number of nitrogens with two attached hydrogens (primary N) is 1. The molecule has 0 radical (unpaired) electrons. The third-order valence-electron chi connectivity index (χ3n) is 2.09. The van der Waals surface area contributed by atoms with E-state index in [0.717, 1.165) is 0 Å². The van der Waals surface area contributed by atoms with Gasteiger partial charge in [0.1, 0.15) is 0 Å². The van der Waals surface area contributed by atoms with E-state index >= 15 is 0 Å². The van der Waals surface area contributed by atoms with Gasteiger partial charge in [0.2, 0.25) is 5.89 Å². The van der Waals surface area contributed by atoms with E-state index in [4.69, 9.17) is 10.2 Å². The molecule has 1 aromatic heterocycles. The van der Waals surface area contributed by atoms with E-state index in [0.29, 0.717) is 11.1 Å². The van der Waals surface area contributed by atoms with Crippen molar-refractivity contribution >= 4 is 11.7 Å². The summed E-state index contributed by atoms with van der Waals surface area (Å²) in [7, 11) is 0. The third-order valence-corrected chi connectivity index (χ3v) is 2.09. The van der Waals surface area contributed by atoms with Crippen molar-refractivity contribution in [2.75, 3.05) is 5.73 Å². The summed E-state index contributed by atoms with van der Waals surface area (Å²) < 4.78 is 5.04. The Balaban J connectivity index is 2.47. The maximum absolute atomic E-state index is 10.5. The highest BCUT2D eigenvalue weighted by Crippen LogP contribution is 2.25. The number of nitrogen functional groups attached to an aromatic ring is 1. The molecule has 0 fully saturated rings. The number of nitrogens with zero attached hydrogens (tertiary/aromatic N) is 3. The summed E-state index contributed by atoms with van der Waals surface area (Å²) in [6.45, 7) is 1.72. The van der Waals surface area contributed by atoms with Gasteiger partial charge in [0.05, 0.1) is 4.92 Å². The van der Waals surface area contributed by atoms with Gasteiger partial charge in [-0.1, -0.05) is 5.10 Å². The molecule has 2 aromatic rings. The number of hydrogen-bond donors (Lipinski definition) is 1. The number of aryl methyl sites for hydroxylation is 1. The molecule has 16 heavy (non-hydrogen) atoms. The molecule has 0 saturated carbocycles. The Bertz CT molecular complexity index is 549. The van der Waals surface area contributed by atoms with E-state index in [-0.39, 0.29) is 17.6 Å². The van der Waals surface area contributed by atoms with Crippen molar-refractivity contribution in [1.29, 1.82) is 0 Å². The molecular weight excluding hydrogens is 212 g/mol. The Kier molecular flexibility index (Phi) is 2.28. The lowest BCUT2D eigenvalue weighted by atomic mass is 10.1. The smallest absolute Gasteiger partial charge is 0.313 e. The van der Waals surface area contributed by atoms with E-state index in [1.165, 1.54) is 12.1 Å². The molecule has 7 heteroatoms. The van der Waals surface area contributed by atoms with Gasteiger partial charge < -0.3 is 10.2 Å². The summed E-state index contributed by atoms with van der Waals surface area (Å²) in [5.41, 5.74) is 6.63. The highest BCUT2D eigenvalue weighted by molar-refractivity contribution is 5.61. The maximum Gasteiger partial charge on any atom is 0.313 e. The zero-order valence-electron chi connectivity index (χ0n) is 8.38. The molecule has 0 atom stereocenters. The molecule has 0 aliphatic heterocycles.